The smallest absolute Gasteiger partial charge is 0.331 e. The molecule has 20 heavy (non-hydrogen) atoms. The molecule has 2 aromatic rings. The standard InChI is InChI=1S/C13H21N3O3Si/c1-15-12-11(7-10(17)8-14-12)16(13(15)18)9-19-5-6-20(2,3)4/h7-8,17H,5-6,9H2,1-4H3. The third-order valence-electron chi connectivity index (χ3n) is 3.18. The Morgan fingerprint density at radius 2 is 2.10 bits per heavy atom. The van der Waals surface area contributed by atoms with Gasteiger partial charge in [-0.05, 0) is 6.04 Å². The van der Waals surface area contributed by atoms with E-state index in [1.807, 2.05) is 0 Å². The zero-order valence-corrected chi connectivity index (χ0v) is 13.4. The van der Waals surface area contributed by atoms with Gasteiger partial charge in [-0.2, -0.15) is 0 Å². The van der Waals surface area contributed by atoms with Crippen LogP contribution in [-0.2, 0) is 18.5 Å². The molecule has 2 rings (SSSR count). The van der Waals surface area contributed by atoms with Crippen molar-refractivity contribution < 1.29 is 9.84 Å². The monoisotopic (exact) mass is 295 g/mol. The summed E-state index contributed by atoms with van der Waals surface area (Å²) in [6, 6.07) is 2.58. The number of fused-ring (bicyclic) bond motifs is 1. The first-order valence-corrected chi connectivity index (χ1v) is 10.3. The van der Waals surface area contributed by atoms with E-state index in [4.69, 9.17) is 4.74 Å². The molecule has 0 saturated carbocycles. The largest absolute Gasteiger partial charge is 0.506 e. The van der Waals surface area contributed by atoms with Gasteiger partial charge in [0.1, 0.15) is 12.5 Å². The number of rotatable bonds is 5. The van der Waals surface area contributed by atoms with Gasteiger partial charge in [0.15, 0.2) is 5.65 Å². The molecule has 0 aromatic carbocycles. The van der Waals surface area contributed by atoms with E-state index in [0.717, 1.165) is 6.04 Å². The fraction of sp³-hybridized carbons (Fsp3) is 0.538. The lowest BCUT2D eigenvalue weighted by Gasteiger charge is -2.15. The molecule has 7 heteroatoms. The molecule has 0 amide bonds. The van der Waals surface area contributed by atoms with Crippen LogP contribution in [0.1, 0.15) is 0 Å². The second-order valence-electron chi connectivity index (χ2n) is 6.15. The Hall–Kier alpha value is -1.60. The van der Waals surface area contributed by atoms with E-state index >= 15 is 0 Å². The topological polar surface area (TPSA) is 69.3 Å². The van der Waals surface area contributed by atoms with Crippen molar-refractivity contribution in [2.45, 2.75) is 32.4 Å². The molecule has 0 atom stereocenters. The van der Waals surface area contributed by atoms with Gasteiger partial charge in [0.25, 0.3) is 0 Å². The normalized spacial score (nSPS) is 12.2. The molecule has 0 aliphatic carbocycles. The number of nitrogens with zero attached hydrogens (tertiary/aromatic N) is 3. The van der Waals surface area contributed by atoms with Crippen molar-refractivity contribution in [2.75, 3.05) is 6.61 Å². The fourth-order valence-electron chi connectivity index (χ4n) is 1.93. The van der Waals surface area contributed by atoms with Crippen LogP contribution >= 0.6 is 0 Å². The van der Waals surface area contributed by atoms with Crippen molar-refractivity contribution in [3.63, 3.8) is 0 Å². The molecule has 0 fully saturated rings. The summed E-state index contributed by atoms with van der Waals surface area (Å²) in [5, 5.41) is 9.51. The first kappa shape index (κ1) is 14.8. The number of hydrogen-bond donors (Lipinski definition) is 1. The van der Waals surface area contributed by atoms with Crippen molar-refractivity contribution >= 4 is 19.2 Å². The number of pyridine rings is 1. The van der Waals surface area contributed by atoms with Crippen LogP contribution < -0.4 is 5.69 Å². The van der Waals surface area contributed by atoms with E-state index in [1.165, 1.54) is 21.4 Å². The number of ether oxygens (including phenoxy) is 1. The summed E-state index contributed by atoms with van der Waals surface area (Å²) < 4.78 is 8.56. The lowest BCUT2D eigenvalue weighted by atomic mass is 10.4. The molecule has 0 aliphatic rings. The van der Waals surface area contributed by atoms with Gasteiger partial charge in [-0.15, -0.1) is 0 Å². The highest BCUT2D eigenvalue weighted by Crippen LogP contribution is 2.16. The molecule has 6 nitrogen and oxygen atoms in total. The van der Waals surface area contributed by atoms with E-state index in [1.54, 1.807) is 7.05 Å². The summed E-state index contributed by atoms with van der Waals surface area (Å²) in [7, 11) is 0.524. The van der Waals surface area contributed by atoms with Crippen molar-refractivity contribution in [1.29, 1.82) is 0 Å². The Morgan fingerprint density at radius 3 is 2.75 bits per heavy atom. The van der Waals surface area contributed by atoms with Crippen molar-refractivity contribution in [3.05, 3.63) is 22.7 Å². The van der Waals surface area contributed by atoms with Crippen molar-refractivity contribution in [1.82, 2.24) is 14.1 Å². The van der Waals surface area contributed by atoms with Gasteiger partial charge >= 0.3 is 5.69 Å². The van der Waals surface area contributed by atoms with E-state index in [0.29, 0.717) is 17.8 Å². The van der Waals surface area contributed by atoms with Crippen LogP contribution in [0.2, 0.25) is 25.7 Å². The van der Waals surface area contributed by atoms with Crippen LogP contribution in [0.4, 0.5) is 0 Å². The van der Waals surface area contributed by atoms with Gasteiger partial charge < -0.3 is 9.84 Å². The van der Waals surface area contributed by atoms with Gasteiger partial charge in [-0.1, -0.05) is 19.6 Å². The molecule has 2 heterocycles. The van der Waals surface area contributed by atoms with Gasteiger partial charge in [0.05, 0.1) is 11.7 Å². The van der Waals surface area contributed by atoms with Crippen LogP contribution in [0, 0.1) is 0 Å². The van der Waals surface area contributed by atoms with E-state index in [-0.39, 0.29) is 18.2 Å². The number of aromatic nitrogens is 3. The lowest BCUT2D eigenvalue weighted by molar-refractivity contribution is 0.0873. The molecular formula is C13H21N3O3Si. The van der Waals surface area contributed by atoms with Crippen LogP contribution in [0.15, 0.2) is 17.1 Å². The molecule has 0 bridgehead atoms. The maximum atomic E-state index is 12.1. The highest BCUT2D eigenvalue weighted by molar-refractivity contribution is 6.76. The summed E-state index contributed by atoms with van der Waals surface area (Å²) in [6.45, 7) is 7.67. The predicted molar refractivity (Wildman–Crippen MR) is 80.7 cm³/mol. The Labute approximate surface area is 118 Å². The fourth-order valence-corrected chi connectivity index (χ4v) is 2.68. The summed E-state index contributed by atoms with van der Waals surface area (Å²) in [6.07, 6.45) is 1.33. The van der Waals surface area contributed by atoms with Crippen molar-refractivity contribution in [3.8, 4) is 5.75 Å². The zero-order chi connectivity index (χ0) is 14.9. The Bertz CT molecular complexity index is 670. The zero-order valence-electron chi connectivity index (χ0n) is 12.4. The quantitative estimate of drug-likeness (QED) is 0.674. The SMILES string of the molecule is Cn1c(=O)n(COCC[Si](C)(C)C)c2cc(O)cnc21. The van der Waals surface area contributed by atoms with Crippen molar-refractivity contribution in [2.24, 2.45) is 7.05 Å². The minimum absolute atomic E-state index is 0.0407. The third-order valence-corrected chi connectivity index (χ3v) is 4.88. The van der Waals surface area contributed by atoms with E-state index < -0.39 is 8.07 Å². The van der Waals surface area contributed by atoms with Crippen LogP contribution in [-0.4, -0.2) is 33.9 Å². The number of aromatic hydroxyl groups is 1. The second-order valence-corrected chi connectivity index (χ2v) is 11.8. The Balaban J connectivity index is 2.20. The van der Waals surface area contributed by atoms with Gasteiger partial charge in [0.2, 0.25) is 0 Å². The van der Waals surface area contributed by atoms with E-state index in [2.05, 4.69) is 24.6 Å². The third kappa shape index (κ3) is 3.10. The predicted octanol–water partition coefficient (Wildman–Crippen LogP) is 1.75. The van der Waals surface area contributed by atoms with Gasteiger partial charge in [-0.3, -0.25) is 9.13 Å². The first-order chi connectivity index (χ1) is 9.29. The highest BCUT2D eigenvalue weighted by atomic mass is 28.3. The summed E-state index contributed by atoms with van der Waals surface area (Å²) in [5.74, 6) is 0.0407. The molecule has 110 valence electrons. The number of aryl methyl sites for hydroxylation is 1. The highest BCUT2D eigenvalue weighted by Gasteiger charge is 2.14. The summed E-state index contributed by atoms with van der Waals surface area (Å²) in [4.78, 5) is 16.2. The average molecular weight is 295 g/mol. The average Bonchev–Trinajstić information content (AvgIpc) is 2.57. The Kier molecular flexibility index (Phi) is 4.00. The van der Waals surface area contributed by atoms with Crippen LogP contribution in [0.3, 0.4) is 0 Å². The molecule has 0 radical (unpaired) electrons. The van der Waals surface area contributed by atoms with Crippen LogP contribution in [0.5, 0.6) is 5.75 Å². The molecule has 2 aromatic heterocycles. The van der Waals surface area contributed by atoms with E-state index in [9.17, 15) is 9.90 Å². The van der Waals surface area contributed by atoms with Crippen LogP contribution in [0.25, 0.3) is 11.2 Å². The molecule has 0 saturated heterocycles. The Morgan fingerprint density at radius 1 is 1.40 bits per heavy atom. The molecule has 0 unspecified atom stereocenters. The number of hydrogen-bond acceptors (Lipinski definition) is 4. The van der Waals surface area contributed by atoms with Gasteiger partial charge in [0, 0.05) is 27.8 Å². The lowest BCUT2D eigenvalue weighted by Crippen LogP contribution is -2.25. The molecule has 1 N–H and O–H groups in total. The summed E-state index contributed by atoms with van der Waals surface area (Å²) >= 11 is 0. The minimum atomic E-state index is -1.14. The summed E-state index contributed by atoms with van der Waals surface area (Å²) in [5.41, 5.74) is 0.943. The first-order valence-electron chi connectivity index (χ1n) is 6.61. The minimum Gasteiger partial charge on any atom is -0.506 e. The molecule has 0 aliphatic heterocycles. The maximum absolute atomic E-state index is 12.1. The van der Waals surface area contributed by atoms with Gasteiger partial charge in [-0.25, -0.2) is 9.78 Å². The maximum Gasteiger partial charge on any atom is 0.331 e. The molecular weight excluding hydrogens is 274 g/mol. The molecule has 0 spiro atoms. The second kappa shape index (κ2) is 5.41. The number of imidazole rings is 1.